The van der Waals surface area contributed by atoms with E-state index in [0.717, 1.165) is 11.4 Å². The number of hydrogen-bond acceptors (Lipinski definition) is 2. The number of rotatable bonds is 1. The second kappa shape index (κ2) is 5.17. The number of benzene rings is 2. The Hall–Kier alpha value is -1.42. The van der Waals surface area contributed by atoms with E-state index in [-0.39, 0.29) is 12.5 Å². The van der Waals surface area contributed by atoms with Crippen LogP contribution in [0.4, 0.5) is 17.1 Å². The van der Waals surface area contributed by atoms with Crippen molar-refractivity contribution in [2.45, 2.75) is 0 Å². The summed E-state index contributed by atoms with van der Waals surface area (Å²) in [6, 6.07) is 10.7. The first-order valence-corrected chi connectivity index (χ1v) is 7.00. The molecule has 0 spiro atoms. The Balaban J connectivity index is 2.12. The van der Waals surface area contributed by atoms with Crippen LogP contribution in [0.2, 0.25) is 15.1 Å². The maximum Gasteiger partial charge on any atom is 0.244 e. The van der Waals surface area contributed by atoms with E-state index >= 15 is 0 Å². The number of fused-ring (bicyclic) bond motifs is 1. The average molecular weight is 328 g/mol. The van der Waals surface area contributed by atoms with E-state index in [1.807, 2.05) is 17.0 Å². The van der Waals surface area contributed by atoms with E-state index in [2.05, 4.69) is 5.32 Å². The second-order valence-corrected chi connectivity index (χ2v) is 5.65. The summed E-state index contributed by atoms with van der Waals surface area (Å²) in [6.45, 7) is 0.215. The smallest absolute Gasteiger partial charge is 0.244 e. The van der Waals surface area contributed by atoms with Crippen molar-refractivity contribution in [3.05, 3.63) is 51.5 Å². The van der Waals surface area contributed by atoms with Gasteiger partial charge in [-0.05, 0) is 36.4 Å². The molecule has 0 aromatic heterocycles. The van der Waals surface area contributed by atoms with Gasteiger partial charge in [-0.25, -0.2) is 0 Å². The minimum atomic E-state index is -0.106. The fourth-order valence-electron chi connectivity index (χ4n) is 2.13. The summed E-state index contributed by atoms with van der Waals surface area (Å²) in [7, 11) is 0. The summed E-state index contributed by atoms with van der Waals surface area (Å²) in [5, 5.41) is 4.28. The zero-order chi connectivity index (χ0) is 14.3. The average Bonchev–Trinajstić information content (AvgIpc) is 2.41. The lowest BCUT2D eigenvalue weighted by Gasteiger charge is -2.31. The molecule has 6 heteroatoms. The predicted octanol–water partition coefficient (Wildman–Crippen LogP) is 4.74. The Morgan fingerprint density at radius 1 is 1.00 bits per heavy atom. The van der Waals surface area contributed by atoms with Crippen molar-refractivity contribution >= 4 is 57.8 Å². The highest BCUT2D eigenvalue weighted by Gasteiger charge is 2.24. The molecule has 0 radical (unpaired) electrons. The lowest BCUT2D eigenvalue weighted by molar-refractivity contribution is -0.115. The molecule has 0 saturated carbocycles. The summed E-state index contributed by atoms with van der Waals surface area (Å²) in [5.74, 6) is -0.106. The highest BCUT2D eigenvalue weighted by atomic mass is 35.5. The van der Waals surface area contributed by atoms with Gasteiger partial charge in [0.25, 0.3) is 0 Å². The Labute approximate surface area is 131 Å². The van der Waals surface area contributed by atoms with Crippen LogP contribution in [0, 0.1) is 0 Å². The first kappa shape index (κ1) is 13.6. The maximum atomic E-state index is 11.8. The van der Waals surface area contributed by atoms with Crippen molar-refractivity contribution in [3.8, 4) is 0 Å². The van der Waals surface area contributed by atoms with Crippen molar-refractivity contribution in [3.63, 3.8) is 0 Å². The van der Waals surface area contributed by atoms with Crippen LogP contribution in [-0.2, 0) is 4.79 Å². The molecule has 3 rings (SSSR count). The Morgan fingerprint density at radius 3 is 2.35 bits per heavy atom. The van der Waals surface area contributed by atoms with E-state index in [1.165, 1.54) is 0 Å². The zero-order valence-corrected chi connectivity index (χ0v) is 12.4. The molecule has 0 unspecified atom stereocenters. The second-order valence-electron chi connectivity index (χ2n) is 4.39. The van der Waals surface area contributed by atoms with Crippen LogP contribution in [0.1, 0.15) is 0 Å². The minimum absolute atomic E-state index is 0.106. The predicted molar refractivity (Wildman–Crippen MR) is 83.5 cm³/mol. The number of hydrogen-bond donors (Lipinski definition) is 1. The van der Waals surface area contributed by atoms with Crippen LogP contribution in [0.15, 0.2) is 36.4 Å². The molecule has 3 nitrogen and oxygen atoms in total. The number of nitrogens with zero attached hydrogens (tertiary/aromatic N) is 1. The number of nitrogens with one attached hydrogen (secondary N) is 1. The van der Waals surface area contributed by atoms with Crippen LogP contribution in [0.5, 0.6) is 0 Å². The van der Waals surface area contributed by atoms with E-state index in [1.54, 1.807) is 24.3 Å². The molecule has 1 aliphatic heterocycles. The van der Waals surface area contributed by atoms with Gasteiger partial charge in [0, 0.05) is 10.7 Å². The van der Waals surface area contributed by atoms with Gasteiger partial charge in [-0.3, -0.25) is 4.79 Å². The summed E-state index contributed by atoms with van der Waals surface area (Å²) >= 11 is 17.9. The minimum Gasteiger partial charge on any atom is -0.330 e. The number of anilines is 3. The van der Waals surface area contributed by atoms with Gasteiger partial charge >= 0.3 is 0 Å². The van der Waals surface area contributed by atoms with Crippen molar-refractivity contribution in [1.29, 1.82) is 0 Å². The number of carbonyl (C=O) groups excluding carboxylic acids is 1. The molecule has 1 aliphatic rings. The van der Waals surface area contributed by atoms with Gasteiger partial charge in [-0.2, -0.15) is 0 Å². The first-order valence-electron chi connectivity index (χ1n) is 5.86. The number of carbonyl (C=O) groups is 1. The molecular weight excluding hydrogens is 319 g/mol. The molecule has 0 bridgehead atoms. The third-order valence-electron chi connectivity index (χ3n) is 3.04. The Bertz CT molecular complexity index is 686. The van der Waals surface area contributed by atoms with Gasteiger partial charge in [-0.15, -0.1) is 0 Å². The molecule has 0 fully saturated rings. The lowest BCUT2D eigenvalue weighted by Crippen LogP contribution is -2.35. The first-order chi connectivity index (χ1) is 9.54. The van der Waals surface area contributed by atoms with E-state index in [4.69, 9.17) is 34.8 Å². The number of amides is 1. The van der Waals surface area contributed by atoms with Gasteiger partial charge < -0.3 is 10.2 Å². The van der Waals surface area contributed by atoms with Gasteiger partial charge in [-0.1, -0.05) is 34.8 Å². The summed E-state index contributed by atoms with van der Waals surface area (Å²) in [6.07, 6.45) is 0. The molecule has 1 heterocycles. The zero-order valence-electron chi connectivity index (χ0n) is 10.2. The van der Waals surface area contributed by atoms with Gasteiger partial charge in [0.1, 0.15) is 6.54 Å². The lowest BCUT2D eigenvalue weighted by atomic mass is 10.1. The van der Waals surface area contributed by atoms with Crippen LogP contribution in [0.3, 0.4) is 0 Å². The summed E-state index contributed by atoms with van der Waals surface area (Å²) < 4.78 is 0. The van der Waals surface area contributed by atoms with Crippen molar-refractivity contribution < 1.29 is 4.79 Å². The van der Waals surface area contributed by atoms with Crippen molar-refractivity contribution in [1.82, 2.24) is 0 Å². The third-order valence-corrected chi connectivity index (χ3v) is 4.02. The molecule has 1 amide bonds. The maximum absolute atomic E-state index is 11.8. The fourth-order valence-corrected chi connectivity index (χ4v) is 2.58. The van der Waals surface area contributed by atoms with Crippen LogP contribution >= 0.6 is 34.8 Å². The van der Waals surface area contributed by atoms with E-state index in [0.29, 0.717) is 20.8 Å². The largest absolute Gasteiger partial charge is 0.330 e. The highest BCUT2D eigenvalue weighted by molar-refractivity contribution is 6.42. The highest BCUT2D eigenvalue weighted by Crippen LogP contribution is 2.40. The molecule has 1 N–H and O–H groups in total. The third kappa shape index (κ3) is 2.44. The van der Waals surface area contributed by atoms with Gasteiger partial charge in [0.2, 0.25) is 5.91 Å². The molecule has 20 heavy (non-hydrogen) atoms. The Morgan fingerprint density at radius 2 is 1.65 bits per heavy atom. The van der Waals surface area contributed by atoms with E-state index in [9.17, 15) is 4.79 Å². The van der Waals surface area contributed by atoms with Crippen LogP contribution < -0.4 is 10.2 Å². The Kier molecular flexibility index (Phi) is 3.50. The molecular formula is C14H9Cl3N2O. The van der Waals surface area contributed by atoms with Crippen LogP contribution in [0.25, 0.3) is 0 Å². The monoisotopic (exact) mass is 326 g/mol. The summed E-state index contributed by atoms with van der Waals surface area (Å²) in [5.41, 5.74) is 2.32. The fraction of sp³-hybridized carbons (Fsp3) is 0.0714. The molecule has 0 atom stereocenters. The van der Waals surface area contributed by atoms with Gasteiger partial charge in [0.05, 0.1) is 21.4 Å². The molecule has 2 aromatic carbocycles. The SMILES string of the molecule is O=C1CN(c2ccc(Cl)cc2)c2cc(Cl)c(Cl)cc2N1. The van der Waals surface area contributed by atoms with Crippen molar-refractivity contribution in [2.24, 2.45) is 0 Å². The normalized spacial score (nSPS) is 13.9. The van der Waals surface area contributed by atoms with Gasteiger partial charge in [0.15, 0.2) is 0 Å². The molecule has 0 saturated heterocycles. The number of halogens is 3. The molecule has 102 valence electrons. The standard InChI is InChI=1S/C14H9Cl3N2O/c15-8-1-3-9(4-2-8)19-7-14(20)18-12-5-10(16)11(17)6-13(12)19/h1-6H,7H2,(H,18,20). The topological polar surface area (TPSA) is 32.3 Å². The quantitative estimate of drug-likeness (QED) is 0.820. The van der Waals surface area contributed by atoms with Crippen LogP contribution in [-0.4, -0.2) is 12.5 Å². The van der Waals surface area contributed by atoms with Crippen molar-refractivity contribution in [2.75, 3.05) is 16.8 Å². The molecule has 0 aliphatic carbocycles. The van der Waals surface area contributed by atoms with E-state index < -0.39 is 0 Å². The molecule has 2 aromatic rings. The summed E-state index contributed by atoms with van der Waals surface area (Å²) in [4.78, 5) is 13.7.